The van der Waals surface area contributed by atoms with E-state index in [1.54, 1.807) is 13.2 Å². The number of likely N-dealkylation sites (N-methyl/N-ethyl adjacent to an activating group) is 1. The van der Waals surface area contributed by atoms with Crippen molar-refractivity contribution in [2.45, 2.75) is 45.2 Å². The van der Waals surface area contributed by atoms with Gasteiger partial charge in [-0.3, -0.25) is 15.7 Å². The lowest BCUT2D eigenvalue weighted by Crippen LogP contribution is -2.25. The van der Waals surface area contributed by atoms with Crippen LogP contribution in [0.5, 0.6) is 0 Å². The van der Waals surface area contributed by atoms with E-state index >= 15 is 0 Å². The molecule has 0 spiro atoms. The van der Waals surface area contributed by atoms with E-state index in [4.69, 9.17) is 15.1 Å². The van der Waals surface area contributed by atoms with E-state index in [1.807, 2.05) is 63.9 Å². The molecule has 0 fully saturated rings. The van der Waals surface area contributed by atoms with Gasteiger partial charge in [-0.2, -0.15) is 0 Å². The van der Waals surface area contributed by atoms with Gasteiger partial charge in [-0.25, -0.2) is 4.98 Å². The molecule has 2 aromatic rings. The van der Waals surface area contributed by atoms with Crippen molar-refractivity contribution in [3.05, 3.63) is 77.3 Å². The quantitative estimate of drug-likeness (QED) is 0.117. The summed E-state index contributed by atoms with van der Waals surface area (Å²) in [5, 5.41) is 14.8. The van der Waals surface area contributed by atoms with Crippen LogP contribution in [0.15, 0.2) is 70.8 Å². The van der Waals surface area contributed by atoms with Gasteiger partial charge < -0.3 is 10.1 Å². The summed E-state index contributed by atoms with van der Waals surface area (Å²) in [6.07, 6.45) is 9.98. The summed E-state index contributed by atoms with van der Waals surface area (Å²) in [6, 6.07) is 8.39. The van der Waals surface area contributed by atoms with E-state index < -0.39 is 6.23 Å². The fraction of sp³-hybridized carbons (Fsp3) is 0.370. The lowest BCUT2D eigenvalue weighted by atomic mass is 10.1. The molecule has 1 unspecified atom stereocenters. The SMILES string of the molecule is C\C=C/C(=C\C=C(/C)CNC)C(=N)OC(NC)c1nc(-c2ccc(SCCC)cc2)cnc1C. The maximum atomic E-state index is 8.57. The first-order valence-corrected chi connectivity index (χ1v) is 12.6. The predicted molar refractivity (Wildman–Crippen MR) is 144 cm³/mol. The first-order valence-electron chi connectivity index (χ1n) is 11.6. The monoisotopic (exact) mass is 479 g/mol. The molecule has 0 radical (unpaired) electrons. The third-order valence-corrected chi connectivity index (χ3v) is 6.19. The molecule has 2 rings (SSSR count). The van der Waals surface area contributed by atoms with Gasteiger partial charge in [-0.15, -0.1) is 11.8 Å². The summed E-state index contributed by atoms with van der Waals surface area (Å²) >= 11 is 1.85. The second-order valence-corrected chi connectivity index (χ2v) is 9.05. The van der Waals surface area contributed by atoms with Crippen LogP contribution in [0.2, 0.25) is 0 Å². The number of thioether (sulfide) groups is 1. The zero-order valence-corrected chi connectivity index (χ0v) is 21.9. The van der Waals surface area contributed by atoms with E-state index in [1.165, 1.54) is 4.90 Å². The fourth-order valence-corrected chi connectivity index (χ4v) is 3.95. The highest BCUT2D eigenvalue weighted by atomic mass is 32.2. The Kier molecular flexibility index (Phi) is 11.7. The molecule has 0 aliphatic rings. The molecule has 1 aromatic carbocycles. The van der Waals surface area contributed by atoms with Crippen LogP contribution in [-0.2, 0) is 4.74 Å². The molecule has 6 nitrogen and oxygen atoms in total. The van der Waals surface area contributed by atoms with Crippen molar-refractivity contribution in [1.82, 2.24) is 20.6 Å². The minimum Gasteiger partial charge on any atom is -0.452 e. The molecule has 1 heterocycles. The van der Waals surface area contributed by atoms with Crippen molar-refractivity contribution in [2.75, 3.05) is 26.4 Å². The molecule has 1 aromatic heterocycles. The van der Waals surface area contributed by atoms with Crippen molar-refractivity contribution in [1.29, 1.82) is 5.41 Å². The van der Waals surface area contributed by atoms with E-state index in [0.717, 1.165) is 41.2 Å². The summed E-state index contributed by atoms with van der Waals surface area (Å²) in [5.74, 6) is 1.17. The van der Waals surface area contributed by atoms with Crippen molar-refractivity contribution in [3.8, 4) is 11.3 Å². The van der Waals surface area contributed by atoms with Crippen molar-refractivity contribution >= 4 is 17.7 Å². The van der Waals surface area contributed by atoms with Crippen molar-refractivity contribution in [3.63, 3.8) is 0 Å². The molecule has 0 amide bonds. The smallest absolute Gasteiger partial charge is 0.215 e. The number of rotatable bonds is 12. The summed E-state index contributed by atoms with van der Waals surface area (Å²) < 4.78 is 6.03. The first kappa shape index (κ1) is 27.5. The van der Waals surface area contributed by atoms with Gasteiger partial charge in [0.1, 0.15) is 5.69 Å². The number of hydrogen-bond acceptors (Lipinski definition) is 7. The molecule has 0 aliphatic carbocycles. The van der Waals surface area contributed by atoms with Crippen LogP contribution in [0.1, 0.15) is 44.8 Å². The number of nitrogens with zero attached hydrogens (tertiary/aromatic N) is 2. The molecule has 0 bridgehead atoms. The van der Waals surface area contributed by atoms with Crippen LogP contribution in [0.3, 0.4) is 0 Å². The van der Waals surface area contributed by atoms with E-state index in [9.17, 15) is 0 Å². The zero-order valence-electron chi connectivity index (χ0n) is 21.1. The van der Waals surface area contributed by atoms with Gasteiger partial charge in [0.2, 0.25) is 5.90 Å². The summed E-state index contributed by atoms with van der Waals surface area (Å²) in [5.41, 5.74) is 5.04. The Morgan fingerprint density at radius 1 is 1.21 bits per heavy atom. The number of benzene rings is 1. The number of ether oxygens (including phenoxy) is 1. The average Bonchev–Trinajstić information content (AvgIpc) is 2.84. The van der Waals surface area contributed by atoms with Crippen LogP contribution in [0, 0.1) is 12.3 Å². The van der Waals surface area contributed by atoms with Crippen LogP contribution in [-0.4, -0.2) is 42.3 Å². The van der Waals surface area contributed by atoms with Gasteiger partial charge in [-0.1, -0.05) is 42.9 Å². The predicted octanol–water partition coefficient (Wildman–Crippen LogP) is 5.83. The summed E-state index contributed by atoms with van der Waals surface area (Å²) in [4.78, 5) is 10.7. The zero-order chi connectivity index (χ0) is 24.9. The molecule has 1 atom stereocenters. The maximum absolute atomic E-state index is 8.57. The Balaban J connectivity index is 2.27. The first-order chi connectivity index (χ1) is 16.4. The Hall–Kier alpha value is -2.74. The number of hydrogen-bond donors (Lipinski definition) is 3. The van der Waals surface area contributed by atoms with Crippen LogP contribution in [0.4, 0.5) is 0 Å². The van der Waals surface area contributed by atoms with Gasteiger partial charge >= 0.3 is 0 Å². The van der Waals surface area contributed by atoms with Crippen molar-refractivity contribution < 1.29 is 4.74 Å². The van der Waals surface area contributed by atoms with Crippen LogP contribution < -0.4 is 10.6 Å². The Morgan fingerprint density at radius 2 is 1.94 bits per heavy atom. The van der Waals surface area contributed by atoms with E-state index in [2.05, 4.69) is 46.8 Å². The lowest BCUT2D eigenvalue weighted by Gasteiger charge is -2.20. The molecule has 34 heavy (non-hydrogen) atoms. The molecule has 182 valence electrons. The Morgan fingerprint density at radius 3 is 2.56 bits per heavy atom. The van der Waals surface area contributed by atoms with Crippen molar-refractivity contribution in [2.24, 2.45) is 0 Å². The topological polar surface area (TPSA) is 82.9 Å². The molecular formula is C27H37N5OS. The number of nitrogens with one attached hydrogen (secondary N) is 3. The highest BCUT2D eigenvalue weighted by Crippen LogP contribution is 2.25. The fourth-order valence-electron chi connectivity index (χ4n) is 3.19. The van der Waals surface area contributed by atoms with Crippen LogP contribution >= 0.6 is 11.8 Å². The Bertz CT molecular complexity index is 1030. The minimum atomic E-state index is -0.602. The average molecular weight is 480 g/mol. The molecular weight excluding hydrogens is 442 g/mol. The van der Waals surface area contributed by atoms with Crippen LogP contribution in [0.25, 0.3) is 11.3 Å². The van der Waals surface area contributed by atoms with E-state index in [0.29, 0.717) is 11.3 Å². The van der Waals surface area contributed by atoms with Gasteiger partial charge in [0, 0.05) is 22.6 Å². The highest BCUT2D eigenvalue weighted by Gasteiger charge is 2.20. The largest absolute Gasteiger partial charge is 0.452 e. The molecule has 3 N–H and O–H groups in total. The minimum absolute atomic E-state index is 0.0647. The Labute approximate surface area is 208 Å². The number of aromatic nitrogens is 2. The molecule has 7 heteroatoms. The lowest BCUT2D eigenvalue weighted by molar-refractivity contribution is 0.156. The second kappa shape index (κ2) is 14.5. The van der Waals surface area contributed by atoms with E-state index in [-0.39, 0.29) is 5.90 Å². The normalized spacial score (nSPS) is 13.4. The maximum Gasteiger partial charge on any atom is 0.215 e. The molecule has 0 saturated carbocycles. The molecule has 0 saturated heterocycles. The standard InChI is InChI=1S/C27H37N5OS/c1-7-9-22(11-10-19(3)17-29-5)26(28)33-27(30-6)25-20(4)31-18-24(32-25)21-12-14-23(15-13-21)34-16-8-2/h7,9-15,18,27-30H,8,16-17H2,1-6H3/b9-7-,19-10+,22-11+,28-26?. The third-order valence-electron chi connectivity index (χ3n) is 4.97. The van der Waals surface area contributed by atoms with Gasteiger partial charge in [-0.05, 0) is 65.2 Å². The third kappa shape index (κ3) is 8.24. The number of aryl methyl sites for hydroxylation is 1. The molecule has 0 aliphatic heterocycles. The summed E-state index contributed by atoms with van der Waals surface area (Å²) in [7, 11) is 3.70. The highest BCUT2D eigenvalue weighted by molar-refractivity contribution is 7.99. The second-order valence-electron chi connectivity index (χ2n) is 7.88. The van der Waals surface area contributed by atoms with Gasteiger partial charge in [0.25, 0.3) is 0 Å². The van der Waals surface area contributed by atoms with Gasteiger partial charge in [0.05, 0.1) is 17.6 Å². The van der Waals surface area contributed by atoms with Gasteiger partial charge in [0.15, 0.2) is 6.23 Å². The summed E-state index contributed by atoms with van der Waals surface area (Å²) in [6.45, 7) is 8.84. The number of allylic oxidation sites excluding steroid dienone is 3.